The summed E-state index contributed by atoms with van der Waals surface area (Å²) in [6.45, 7) is 3.73. The molecular weight excluding hydrogens is 260 g/mol. The first-order chi connectivity index (χ1) is 9.61. The summed E-state index contributed by atoms with van der Waals surface area (Å²) in [6.07, 6.45) is 1.36. The molecule has 20 heavy (non-hydrogen) atoms. The van der Waals surface area contributed by atoms with Crippen molar-refractivity contribution in [2.24, 2.45) is 0 Å². The Morgan fingerprint density at radius 1 is 1.30 bits per heavy atom. The van der Waals surface area contributed by atoms with E-state index in [1.54, 1.807) is 38.1 Å². The number of benzene rings is 1. The van der Waals surface area contributed by atoms with Crippen molar-refractivity contribution in [2.45, 2.75) is 13.8 Å². The van der Waals surface area contributed by atoms with Crippen LogP contribution in [0.15, 0.2) is 35.0 Å². The fourth-order valence-corrected chi connectivity index (χ4v) is 1.62. The van der Waals surface area contributed by atoms with E-state index in [9.17, 15) is 9.59 Å². The molecule has 0 saturated heterocycles. The zero-order valence-corrected chi connectivity index (χ0v) is 11.2. The minimum Gasteiger partial charge on any atom is -0.462 e. The molecule has 0 fully saturated rings. The van der Waals surface area contributed by atoms with Crippen molar-refractivity contribution in [3.63, 3.8) is 0 Å². The molecule has 0 aliphatic rings. The number of aryl methyl sites for hydroxylation is 1. The minimum absolute atomic E-state index is 0.312. The molecule has 0 aliphatic heterocycles. The molecule has 0 atom stereocenters. The zero-order chi connectivity index (χ0) is 14.5. The van der Waals surface area contributed by atoms with Crippen molar-refractivity contribution >= 4 is 17.6 Å². The molecule has 2 rings (SSSR count). The van der Waals surface area contributed by atoms with Crippen molar-refractivity contribution in [2.75, 3.05) is 11.9 Å². The Kier molecular flexibility index (Phi) is 4.14. The SMILES string of the molecule is CCOC(=O)c1ccc(NC(=O)c2cnoc2C)cc1. The number of ether oxygens (including phenoxy) is 1. The lowest BCUT2D eigenvalue weighted by molar-refractivity contribution is 0.0526. The van der Waals surface area contributed by atoms with Crippen LogP contribution in [0.2, 0.25) is 0 Å². The molecule has 0 unspecified atom stereocenters. The summed E-state index contributed by atoms with van der Waals surface area (Å²) in [5.74, 6) is -0.251. The lowest BCUT2D eigenvalue weighted by Crippen LogP contribution is -2.12. The molecule has 0 aliphatic carbocycles. The van der Waals surface area contributed by atoms with Gasteiger partial charge in [0, 0.05) is 5.69 Å². The van der Waals surface area contributed by atoms with E-state index in [1.807, 2.05) is 0 Å². The predicted octanol–water partition coefficient (Wildman–Crippen LogP) is 2.41. The Hall–Kier alpha value is -2.63. The van der Waals surface area contributed by atoms with Gasteiger partial charge in [0.25, 0.3) is 5.91 Å². The number of esters is 1. The summed E-state index contributed by atoms with van der Waals surface area (Å²) in [5, 5.41) is 6.24. The molecule has 6 heteroatoms. The maximum absolute atomic E-state index is 11.9. The number of amides is 1. The number of nitrogens with one attached hydrogen (secondary N) is 1. The molecule has 1 heterocycles. The average molecular weight is 274 g/mol. The van der Waals surface area contributed by atoms with Crippen LogP contribution in [0.3, 0.4) is 0 Å². The monoisotopic (exact) mass is 274 g/mol. The number of hydrogen-bond donors (Lipinski definition) is 1. The van der Waals surface area contributed by atoms with Crippen LogP contribution in [0.25, 0.3) is 0 Å². The summed E-state index contributed by atoms with van der Waals surface area (Å²) in [7, 11) is 0. The Bertz CT molecular complexity index is 616. The van der Waals surface area contributed by atoms with Crippen molar-refractivity contribution in [3.8, 4) is 0 Å². The van der Waals surface area contributed by atoms with Crippen LogP contribution < -0.4 is 5.32 Å². The summed E-state index contributed by atoms with van der Waals surface area (Å²) in [6, 6.07) is 6.45. The van der Waals surface area contributed by atoms with Gasteiger partial charge in [0.2, 0.25) is 0 Å². The topological polar surface area (TPSA) is 81.4 Å². The van der Waals surface area contributed by atoms with Crippen LogP contribution in [-0.4, -0.2) is 23.6 Å². The van der Waals surface area contributed by atoms with E-state index in [0.29, 0.717) is 29.2 Å². The van der Waals surface area contributed by atoms with E-state index in [2.05, 4.69) is 10.5 Å². The normalized spacial score (nSPS) is 10.1. The Labute approximate surface area is 115 Å². The number of aromatic nitrogens is 1. The molecule has 0 bridgehead atoms. The maximum Gasteiger partial charge on any atom is 0.338 e. The van der Waals surface area contributed by atoms with Gasteiger partial charge in [-0.1, -0.05) is 5.16 Å². The van der Waals surface area contributed by atoms with Crippen LogP contribution >= 0.6 is 0 Å². The molecule has 1 aromatic carbocycles. The Morgan fingerprint density at radius 3 is 2.55 bits per heavy atom. The van der Waals surface area contributed by atoms with Crippen molar-refractivity contribution in [1.82, 2.24) is 5.16 Å². The van der Waals surface area contributed by atoms with Gasteiger partial charge in [0.1, 0.15) is 11.3 Å². The van der Waals surface area contributed by atoms with Gasteiger partial charge < -0.3 is 14.6 Å². The molecule has 104 valence electrons. The number of carbonyl (C=O) groups is 2. The molecule has 1 N–H and O–H groups in total. The number of carbonyl (C=O) groups excluding carboxylic acids is 2. The smallest absolute Gasteiger partial charge is 0.338 e. The molecule has 0 spiro atoms. The third-order valence-electron chi connectivity index (χ3n) is 2.65. The van der Waals surface area contributed by atoms with Crippen LogP contribution in [0.4, 0.5) is 5.69 Å². The van der Waals surface area contributed by atoms with Crippen LogP contribution in [0, 0.1) is 6.92 Å². The number of nitrogens with zero attached hydrogens (tertiary/aromatic N) is 1. The van der Waals surface area contributed by atoms with Gasteiger partial charge in [-0.05, 0) is 38.1 Å². The fraction of sp³-hybridized carbons (Fsp3) is 0.214. The van der Waals surface area contributed by atoms with Gasteiger partial charge in [-0.3, -0.25) is 4.79 Å². The van der Waals surface area contributed by atoms with Crippen molar-refractivity contribution in [3.05, 3.63) is 47.3 Å². The molecule has 0 saturated carbocycles. The van der Waals surface area contributed by atoms with E-state index in [-0.39, 0.29) is 11.9 Å². The highest BCUT2D eigenvalue weighted by molar-refractivity contribution is 6.04. The third-order valence-corrected chi connectivity index (χ3v) is 2.65. The van der Waals surface area contributed by atoms with Gasteiger partial charge in [-0.25, -0.2) is 4.79 Å². The molecule has 6 nitrogen and oxygen atoms in total. The highest BCUT2D eigenvalue weighted by Crippen LogP contribution is 2.13. The molecule has 0 radical (unpaired) electrons. The van der Waals surface area contributed by atoms with Gasteiger partial charge >= 0.3 is 5.97 Å². The number of anilines is 1. The standard InChI is InChI=1S/C14H14N2O4/c1-3-19-14(18)10-4-6-11(7-5-10)16-13(17)12-8-15-20-9(12)2/h4-8H,3H2,1-2H3,(H,16,17). The first-order valence-corrected chi connectivity index (χ1v) is 6.11. The van der Waals surface area contributed by atoms with Gasteiger partial charge in [0.15, 0.2) is 0 Å². The highest BCUT2D eigenvalue weighted by Gasteiger charge is 2.13. The molecule has 1 amide bonds. The molecular formula is C14H14N2O4. The maximum atomic E-state index is 11.9. The first-order valence-electron chi connectivity index (χ1n) is 6.11. The zero-order valence-electron chi connectivity index (χ0n) is 11.2. The van der Waals surface area contributed by atoms with Crippen molar-refractivity contribution in [1.29, 1.82) is 0 Å². The largest absolute Gasteiger partial charge is 0.462 e. The van der Waals surface area contributed by atoms with Crippen LogP contribution in [0.5, 0.6) is 0 Å². The minimum atomic E-state index is -0.389. The van der Waals surface area contributed by atoms with E-state index in [0.717, 1.165) is 0 Å². The number of hydrogen-bond acceptors (Lipinski definition) is 5. The lowest BCUT2D eigenvalue weighted by Gasteiger charge is -2.05. The number of rotatable bonds is 4. The van der Waals surface area contributed by atoms with Crippen molar-refractivity contribution < 1.29 is 18.8 Å². The second-order valence-electron chi connectivity index (χ2n) is 4.05. The van der Waals surface area contributed by atoms with Gasteiger partial charge in [0.05, 0.1) is 18.4 Å². The Balaban J connectivity index is 2.06. The summed E-state index contributed by atoms with van der Waals surface area (Å²) < 4.78 is 9.71. The summed E-state index contributed by atoms with van der Waals surface area (Å²) in [5.41, 5.74) is 1.38. The third kappa shape index (κ3) is 3.03. The van der Waals surface area contributed by atoms with Crippen LogP contribution in [0.1, 0.15) is 33.4 Å². The second-order valence-corrected chi connectivity index (χ2v) is 4.05. The van der Waals surface area contributed by atoms with E-state index < -0.39 is 0 Å². The molecule has 2 aromatic rings. The quantitative estimate of drug-likeness (QED) is 0.866. The molecule has 1 aromatic heterocycles. The second kappa shape index (κ2) is 6.01. The fourth-order valence-electron chi connectivity index (χ4n) is 1.62. The van der Waals surface area contributed by atoms with E-state index in [4.69, 9.17) is 9.26 Å². The van der Waals surface area contributed by atoms with E-state index >= 15 is 0 Å². The van der Waals surface area contributed by atoms with Gasteiger partial charge in [-0.15, -0.1) is 0 Å². The van der Waals surface area contributed by atoms with Crippen LogP contribution in [-0.2, 0) is 4.74 Å². The Morgan fingerprint density at radius 2 is 2.00 bits per heavy atom. The predicted molar refractivity (Wildman–Crippen MR) is 71.6 cm³/mol. The van der Waals surface area contributed by atoms with E-state index in [1.165, 1.54) is 6.20 Å². The summed E-state index contributed by atoms with van der Waals surface area (Å²) in [4.78, 5) is 23.4. The first kappa shape index (κ1) is 13.8. The summed E-state index contributed by atoms with van der Waals surface area (Å²) >= 11 is 0. The average Bonchev–Trinajstić information content (AvgIpc) is 2.86. The lowest BCUT2D eigenvalue weighted by atomic mass is 10.2. The van der Waals surface area contributed by atoms with Gasteiger partial charge in [-0.2, -0.15) is 0 Å². The highest BCUT2D eigenvalue weighted by atomic mass is 16.5.